The lowest BCUT2D eigenvalue weighted by molar-refractivity contribution is 0.244. The lowest BCUT2D eigenvalue weighted by Gasteiger charge is -2.24. The van der Waals surface area contributed by atoms with Crippen molar-refractivity contribution in [2.24, 2.45) is 0 Å². The van der Waals surface area contributed by atoms with Crippen molar-refractivity contribution in [1.29, 1.82) is 0 Å². The Hall–Kier alpha value is -2.40. The fourth-order valence-electron chi connectivity index (χ4n) is 3.45. The maximum absolute atomic E-state index is 4.69. The molecule has 5 nitrogen and oxygen atoms in total. The Morgan fingerprint density at radius 2 is 2.26 bits per heavy atom. The number of nitrogens with one attached hydrogen (secondary N) is 2. The minimum absolute atomic E-state index is 0.359. The fraction of sp³-hybridized carbons (Fsp3) is 0.333. The first-order chi connectivity index (χ1) is 11.3. The molecule has 1 aliphatic rings. The van der Waals surface area contributed by atoms with Gasteiger partial charge in [0, 0.05) is 25.3 Å². The van der Waals surface area contributed by atoms with Gasteiger partial charge in [-0.2, -0.15) is 0 Å². The second-order valence-electron chi connectivity index (χ2n) is 6.11. The molecular formula is C18H21N5. The Morgan fingerprint density at radius 3 is 3.17 bits per heavy atom. The molecule has 2 aromatic heterocycles. The van der Waals surface area contributed by atoms with E-state index in [1.54, 1.807) is 6.20 Å². The first-order valence-corrected chi connectivity index (χ1v) is 8.13. The first kappa shape index (κ1) is 14.2. The number of likely N-dealkylation sites (tertiary alicyclic amines) is 1. The van der Waals surface area contributed by atoms with Gasteiger partial charge < -0.3 is 10.3 Å². The predicted molar refractivity (Wildman–Crippen MR) is 92.3 cm³/mol. The van der Waals surface area contributed by atoms with Crippen LogP contribution in [0.2, 0.25) is 0 Å². The summed E-state index contributed by atoms with van der Waals surface area (Å²) in [7, 11) is 1.88. The molecule has 0 aliphatic carbocycles. The number of hydrogen-bond donors (Lipinski definition) is 2. The molecule has 23 heavy (non-hydrogen) atoms. The zero-order chi connectivity index (χ0) is 15.6. The summed E-state index contributed by atoms with van der Waals surface area (Å²) >= 11 is 0. The van der Waals surface area contributed by atoms with Crippen LogP contribution in [0.4, 0.5) is 5.82 Å². The van der Waals surface area contributed by atoms with Crippen LogP contribution < -0.4 is 5.32 Å². The summed E-state index contributed by atoms with van der Waals surface area (Å²) in [4.78, 5) is 14.8. The molecule has 0 saturated carbocycles. The summed E-state index contributed by atoms with van der Waals surface area (Å²) in [6.45, 7) is 2.07. The van der Waals surface area contributed by atoms with Crippen LogP contribution in [0.5, 0.6) is 0 Å². The number of fused-ring (bicyclic) bond motifs is 1. The standard InChI is InChI=1S/C18H21N5/c1-19-18-11-20-10-16(22-18)17-3-2-8-23(17)12-13-4-5-15-14(9-13)6-7-21-15/h4-7,9-11,17,21H,2-3,8,12H2,1H3,(H,19,22)/t17-/m1/s1. The van der Waals surface area contributed by atoms with Gasteiger partial charge in [-0.25, -0.2) is 4.98 Å². The van der Waals surface area contributed by atoms with Gasteiger partial charge in [0.2, 0.25) is 0 Å². The van der Waals surface area contributed by atoms with Crippen LogP contribution in [0.15, 0.2) is 42.9 Å². The number of benzene rings is 1. The molecule has 3 heterocycles. The van der Waals surface area contributed by atoms with Gasteiger partial charge in [0.15, 0.2) is 0 Å². The van der Waals surface area contributed by atoms with Crippen molar-refractivity contribution in [2.45, 2.75) is 25.4 Å². The van der Waals surface area contributed by atoms with E-state index in [9.17, 15) is 0 Å². The molecule has 1 atom stereocenters. The Bertz CT molecular complexity index is 810. The van der Waals surface area contributed by atoms with Crippen molar-refractivity contribution in [3.8, 4) is 0 Å². The Labute approximate surface area is 135 Å². The number of aromatic nitrogens is 3. The quantitative estimate of drug-likeness (QED) is 0.776. The molecule has 0 amide bonds. The van der Waals surface area contributed by atoms with Gasteiger partial charge in [-0.15, -0.1) is 0 Å². The summed E-state index contributed by atoms with van der Waals surface area (Å²) in [6.07, 6.45) is 8.02. The van der Waals surface area contributed by atoms with E-state index in [2.05, 4.69) is 49.4 Å². The minimum atomic E-state index is 0.359. The molecular weight excluding hydrogens is 286 g/mol. The molecule has 1 fully saturated rings. The summed E-state index contributed by atoms with van der Waals surface area (Å²) in [5, 5.41) is 4.35. The third-order valence-electron chi connectivity index (χ3n) is 4.62. The van der Waals surface area contributed by atoms with Crippen LogP contribution in [-0.2, 0) is 6.54 Å². The number of hydrogen-bond acceptors (Lipinski definition) is 4. The van der Waals surface area contributed by atoms with Crippen molar-refractivity contribution in [1.82, 2.24) is 19.9 Å². The highest BCUT2D eigenvalue weighted by Gasteiger charge is 2.27. The van der Waals surface area contributed by atoms with E-state index in [-0.39, 0.29) is 0 Å². The highest BCUT2D eigenvalue weighted by atomic mass is 15.2. The van der Waals surface area contributed by atoms with Crippen LogP contribution in [0.25, 0.3) is 10.9 Å². The Balaban J connectivity index is 1.57. The number of nitrogens with zero attached hydrogens (tertiary/aromatic N) is 3. The van der Waals surface area contributed by atoms with Crippen LogP contribution in [0.1, 0.15) is 30.1 Å². The van der Waals surface area contributed by atoms with Crippen molar-refractivity contribution >= 4 is 16.7 Å². The second kappa shape index (κ2) is 6.01. The lowest BCUT2D eigenvalue weighted by Crippen LogP contribution is -2.23. The van der Waals surface area contributed by atoms with Gasteiger partial charge in [0.05, 0.1) is 24.1 Å². The van der Waals surface area contributed by atoms with Crippen LogP contribution >= 0.6 is 0 Å². The SMILES string of the molecule is CNc1cncc([C@H]2CCCN2Cc2ccc3[nH]ccc3c2)n1. The topological polar surface area (TPSA) is 56.8 Å². The second-order valence-corrected chi connectivity index (χ2v) is 6.11. The molecule has 2 N–H and O–H groups in total. The first-order valence-electron chi connectivity index (χ1n) is 8.13. The smallest absolute Gasteiger partial charge is 0.144 e. The Morgan fingerprint density at radius 1 is 1.30 bits per heavy atom. The van der Waals surface area contributed by atoms with Crippen LogP contribution in [0, 0.1) is 0 Å². The molecule has 5 heteroatoms. The normalized spacial score (nSPS) is 18.6. The summed E-state index contributed by atoms with van der Waals surface area (Å²) in [5.74, 6) is 0.836. The highest BCUT2D eigenvalue weighted by molar-refractivity contribution is 5.79. The monoisotopic (exact) mass is 307 g/mol. The van der Waals surface area contributed by atoms with Crippen molar-refractivity contribution in [3.05, 3.63) is 54.1 Å². The van der Waals surface area contributed by atoms with Gasteiger partial charge in [-0.1, -0.05) is 6.07 Å². The average Bonchev–Trinajstić information content (AvgIpc) is 3.23. The van der Waals surface area contributed by atoms with Crippen molar-refractivity contribution in [2.75, 3.05) is 18.9 Å². The molecule has 1 saturated heterocycles. The molecule has 0 spiro atoms. The van der Waals surface area contributed by atoms with Crippen LogP contribution in [0.3, 0.4) is 0 Å². The van der Waals surface area contributed by atoms with E-state index in [4.69, 9.17) is 0 Å². The molecule has 3 aromatic rings. The largest absolute Gasteiger partial charge is 0.372 e. The predicted octanol–water partition coefficient (Wildman–Crippen LogP) is 3.34. The van der Waals surface area contributed by atoms with E-state index in [0.29, 0.717) is 6.04 Å². The molecule has 1 aromatic carbocycles. The molecule has 118 valence electrons. The van der Waals surface area contributed by atoms with Gasteiger partial charge in [-0.3, -0.25) is 9.88 Å². The number of H-pyrrole nitrogens is 1. The number of aromatic amines is 1. The van der Waals surface area contributed by atoms with E-state index in [1.807, 2.05) is 19.4 Å². The van der Waals surface area contributed by atoms with Gasteiger partial charge in [0.1, 0.15) is 5.82 Å². The summed E-state index contributed by atoms with van der Waals surface area (Å²) in [5.41, 5.74) is 3.61. The molecule has 0 unspecified atom stereocenters. The zero-order valence-corrected chi connectivity index (χ0v) is 13.3. The van der Waals surface area contributed by atoms with Crippen LogP contribution in [-0.4, -0.2) is 33.4 Å². The van der Waals surface area contributed by atoms with Gasteiger partial charge in [0.25, 0.3) is 0 Å². The summed E-state index contributed by atoms with van der Waals surface area (Å²) < 4.78 is 0. The van der Waals surface area contributed by atoms with E-state index >= 15 is 0 Å². The molecule has 0 radical (unpaired) electrons. The third-order valence-corrected chi connectivity index (χ3v) is 4.62. The van der Waals surface area contributed by atoms with E-state index in [0.717, 1.165) is 31.0 Å². The Kier molecular flexibility index (Phi) is 3.71. The van der Waals surface area contributed by atoms with Gasteiger partial charge in [-0.05, 0) is 48.5 Å². The highest BCUT2D eigenvalue weighted by Crippen LogP contribution is 2.32. The minimum Gasteiger partial charge on any atom is -0.372 e. The van der Waals surface area contributed by atoms with Crippen molar-refractivity contribution in [3.63, 3.8) is 0 Å². The number of anilines is 1. The zero-order valence-electron chi connectivity index (χ0n) is 13.3. The fourth-order valence-corrected chi connectivity index (χ4v) is 3.45. The molecule has 1 aliphatic heterocycles. The average molecular weight is 307 g/mol. The maximum atomic E-state index is 4.69. The van der Waals surface area contributed by atoms with E-state index in [1.165, 1.54) is 22.9 Å². The molecule has 4 rings (SSSR count). The summed E-state index contributed by atoms with van der Waals surface area (Å²) in [6, 6.07) is 9.14. The third kappa shape index (κ3) is 2.80. The number of rotatable bonds is 4. The molecule has 0 bridgehead atoms. The van der Waals surface area contributed by atoms with Crippen molar-refractivity contribution < 1.29 is 0 Å². The maximum Gasteiger partial charge on any atom is 0.144 e. The van der Waals surface area contributed by atoms with E-state index < -0.39 is 0 Å². The lowest BCUT2D eigenvalue weighted by atomic mass is 10.1. The van der Waals surface area contributed by atoms with Gasteiger partial charge >= 0.3 is 0 Å².